The van der Waals surface area contributed by atoms with E-state index in [-0.39, 0.29) is 5.91 Å². The van der Waals surface area contributed by atoms with Gasteiger partial charge in [-0.2, -0.15) is 0 Å². The molecule has 31 heavy (non-hydrogen) atoms. The van der Waals surface area contributed by atoms with Gasteiger partial charge < -0.3 is 9.64 Å². The molecule has 1 aliphatic rings. The van der Waals surface area contributed by atoms with Gasteiger partial charge in [-0.05, 0) is 47.9 Å². The summed E-state index contributed by atoms with van der Waals surface area (Å²) in [6, 6.07) is 12.0. The number of amides is 1. The van der Waals surface area contributed by atoms with Crippen LogP contribution in [0.15, 0.2) is 61.2 Å². The number of ether oxygens (including phenoxy) is 1. The van der Waals surface area contributed by atoms with Gasteiger partial charge in [-0.3, -0.25) is 4.79 Å². The number of rotatable bonds is 3. The monoisotopic (exact) mass is 414 g/mol. The molecule has 1 aliphatic heterocycles. The molecule has 6 nitrogen and oxygen atoms in total. The first-order valence-corrected chi connectivity index (χ1v) is 9.93. The number of carbonyl (C=O) groups is 1. The van der Waals surface area contributed by atoms with Crippen molar-refractivity contribution in [3.8, 4) is 17.0 Å². The lowest BCUT2D eigenvalue weighted by molar-refractivity contribution is 0.0736. The Labute approximate surface area is 178 Å². The number of methoxy groups -OCH3 is 1. The second kappa shape index (κ2) is 7.75. The van der Waals surface area contributed by atoms with Gasteiger partial charge in [0, 0.05) is 42.5 Å². The van der Waals surface area contributed by atoms with Crippen LogP contribution in [0.5, 0.6) is 5.75 Å². The van der Waals surface area contributed by atoms with Crippen molar-refractivity contribution in [2.45, 2.75) is 13.0 Å². The molecule has 2 aromatic carbocycles. The number of halogens is 1. The van der Waals surface area contributed by atoms with Gasteiger partial charge in [0.25, 0.3) is 5.91 Å². The predicted molar refractivity (Wildman–Crippen MR) is 114 cm³/mol. The fourth-order valence-electron chi connectivity index (χ4n) is 3.96. The molecule has 0 spiro atoms. The van der Waals surface area contributed by atoms with Gasteiger partial charge in [0.15, 0.2) is 0 Å². The van der Waals surface area contributed by atoms with E-state index in [9.17, 15) is 9.18 Å². The van der Waals surface area contributed by atoms with E-state index in [0.29, 0.717) is 40.8 Å². The van der Waals surface area contributed by atoms with Crippen molar-refractivity contribution in [1.29, 1.82) is 0 Å². The quantitative estimate of drug-likeness (QED) is 0.506. The molecule has 0 saturated heterocycles. The fourth-order valence-corrected chi connectivity index (χ4v) is 3.96. The Morgan fingerprint density at radius 2 is 1.90 bits per heavy atom. The highest BCUT2D eigenvalue weighted by molar-refractivity contribution is 6.07. The Morgan fingerprint density at radius 3 is 2.71 bits per heavy atom. The lowest BCUT2D eigenvalue weighted by atomic mass is 9.98. The number of carbonyl (C=O) groups excluding carboxylic acids is 1. The smallest absolute Gasteiger partial charge is 0.254 e. The lowest BCUT2D eigenvalue weighted by Crippen LogP contribution is -2.36. The molecule has 7 heteroatoms. The molecule has 0 aliphatic carbocycles. The topological polar surface area (TPSA) is 68.2 Å². The van der Waals surface area contributed by atoms with E-state index >= 15 is 0 Å². The van der Waals surface area contributed by atoms with Crippen LogP contribution in [0.2, 0.25) is 0 Å². The zero-order chi connectivity index (χ0) is 21.4. The average Bonchev–Trinajstić information content (AvgIpc) is 2.82. The third-order valence-corrected chi connectivity index (χ3v) is 5.57. The van der Waals surface area contributed by atoms with Gasteiger partial charge in [0.05, 0.1) is 23.9 Å². The predicted octanol–water partition coefficient (Wildman–Crippen LogP) is 4.04. The molecule has 154 valence electrons. The van der Waals surface area contributed by atoms with Gasteiger partial charge in [-0.1, -0.05) is 6.07 Å². The third-order valence-electron chi connectivity index (χ3n) is 5.57. The maximum atomic E-state index is 13.9. The van der Waals surface area contributed by atoms with E-state index in [1.54, 1.807) is 31.6 Å². The van der Waals surface area contributed by atoms with E-state index in [1.807, 2.05) is 23.1 Å². The lowest BCUT2D eigenvalue weighted by Gasteiger charge is -2.29. The number of benzene rings is 2. The van der Waals surface area contributed by atoms with Crippen LogP contribution in [0.25, 0.3) is 22.2 Å². The summed E-state index contributed by atoms with van der Waals surface area (Å²) in [4.78, 5) is 28.0. The molecule has 4 aromatic rings. The molecular weight excluding hydrogens is 395 g/mol. The summed E-state index contributed by atoms with van der Waals surface area (Å²) in [7, 11) is 1.65. The first kappa shape index (κ1) is 19.1. The summed E-state index contributed by atoms with van der Waals surface area (Å²) in [5, 5.41) is 0.618. The third kappa shape index (κ3) is 3.59. The SMILES string of the molecule is COc1ccc2c(c1)CCN(C(=O)c1cc(-c3cncnc3)nc3cc(F)ccc13)C2. The molecule has 0 N–H and O–H groups in total. The summed E-state index contributed by atoms with van der Waals surface area (Å²) in [5.74, 6) is 0.301. The zero-order valence-corrected chi connectivity index (χ0v) is 16.9. The van der Waals surface area contributed by atoms with E-state index in [0.717, 1.165) is 17.7 Å². The van der Waals surface area contributed by atoms with E-state index in [2.05, 4.69) is 15.0 Å². The van der Waals surface area contributed by atoms with Crippen LogP contribution in [0.4, 0.5) is 4.39 Å². The van der Waals surface area contributed by atoms with Gasteiger partial charge in [-0.25, -0.2) is 19.3 Å². The highest BCUT2D eigenvalue weighted by atomic mass is 19.1. The van der Waals surface area contributed by atoms with Crippen molar-refractivity contribution < 1.29 is 13.9 Å². The van der Waals surface area contributed by atoms with Gasteiger partial charge in [-0.15, -0.1) is 0 Å². The van der Waals surface area contributed by atoms with Crippen LogP contribution >= 0.6 is 0 Å². The maximum Gasteiger partial charge on any atom is 0.254 e. The van der Waals surface area contributed by atoms with Gasteiger partial charge in [0.1, 0.15) is 17.9 Å². The van der Waals surface area contributed by atoms with Crippen LogP contribution < -0.4 is 4.74 Å². The van der Waals surface area contributed by atoms with E-state index < -0.39 is 5.82 Å². The van der Waals surface area contributed by atoms with Crippen LogP contribution in [0.3, 0.4) is 0 Å². The summed E-state index contributed by atoms with van der Waals surface area (Å²) in [6.07, 6.45) is 5.42. The Kier molecular flexibility index (Phi) is 4.78. The number of hydrogen-bond donors (Lipinski definition) is 0. The van der Waals surface area contributed by atoms with Crippen molar-refractivity contribution in [1.82, 2.24) is 19.9 Å². The second-order valence-electron chi connectivity index (χ2n) is 7.46. The maximum absolute atomic E-state index is 13.9. The molecule has 3 heterocycles. The van der Waals surface area contributed by atoms with E-state index in [4.69, 9.17) is 4.74 Å². The first-order valence-electron chi connectivity index (χ1n) is 9.93. The molecule has 0 saturated carbocycles. The standard InChI is InChI=1S/C24H19FN4O2/c1-31-19-4-2-16-13-29(7-6-15(16)8-19)24(30)21-10-22(17-11-26-14-27-12-17)28-23-9-18(25)3-5-20(21)23/h2-5,8-12,14H,6-7,13H2,1H3. The minimum Gasteiger partial charge on any atom is -0.497 e. The highest BCUT2D eigenvalue weighted by Crippen LogP contribution is 2.29. The molecule has 1 amide bonds. The molecule has 0 radical (unpaired) electrons. The van der Waals surface area contributed by atoms with E-state index in [1.165, 1.54) is 24.0 Å². The van der Waals surface area contributed by atoms with Crippen molar-refractivity contribution in [3.63, 3.8) is 0 Å². The number of hydrogen-bond acceptors (Lipinski definition) is 5. The number of aromatic nitrogens is 3. The summed E-state index contributed by atoms with van der Waals surface area (Å²) < 4.78 is 19.2. The van der Waals surface area contributed by atoms with Crippen molar-refractivity contribution in [2.75, 3.05) is 13.7 Å². The summed E-state index contributed by atoms with van der Waals surface area (Å²) in [5.41, 5.74) is 4.39. The molecule has 0 atom stereocenters. The Hall–Kier alpha value is -3.87. The van der Waals surface area contributed by atoms with Crippen LogP contribution in [0.1, 0.15) is 21.5 Å². The number of fused-ring (bicyclic) bond motifs is 2. The van der Waals surface area contributed by atoms with Gasteiger partial charge >= 0.3 is 0 Å². The molecule has 0 fully saturated rings. The summed E-state index contributed by atoms with van der Waals surface area (Å²) >= 11 is 0. The minimum absolute atomic E-state index is 0.112. The Balaban J connectivity index is 1.56. The fraction of sp³-hybridized carbons (Fsp3) is 0.167. The largest absolute Gasteiger partial charge is 0.497 e. The number of nitrogens with zero attached hydrogens (tertiary/aromatic N) is 4. The average molecular weight is 414 g/mol. The highest BCUT2D eigenvalue weighted by Gasteiger charge is 2.24. The van der Waals surface area contributed by atoms with Crippen molar-refractivity contribution >= 4 is 16.8 Å². The van der Waals surface area contributed by atoms with Crippen LogP contribution in [-0.4, -0.2) is 39.4 Å². The van der Waals surface area contributed by atoms with Crippen LogP contribution in [0, 0.1) is 5.82 Å². The van der Waals surface area contributed by atoms with Crippen molar-refractivity contribution in [3.05, 3.63) is 83.7 Å². The first-order chi connectivity index (χ1) is 15.1. The van der Waals surface area contributed by atoms with Crippen LogP contribution in [-0.2, 0) is 13.0 Å². The second-order valence-corrected chi connectivity index (χ2v) is 7.46. The number of pyridine rings is 1. The normalized spacial score (nSPS) is 13.2. The molecular formula is C24H19FN4O2. The Morgan fingerprint density at radius 1 is 1.06 bits per heavy atom. The molecule has 0 bridgehead atoms. The van der Waals surface area contributed by atoms with Crippen molar-refractivity contribution in [2.24, 2.45) is 0 Å². The minimum atomic E-state index is -0.402. The Bertz CT molecular complexity index is 1290. The molecule has 2 aromatic heterocycles. The van der Waals surface area contributed by atoms with Gasteiger partial charge in [0.2, 0.25) is 0 Å². The summed E-state index contributed by atoms with van der Waals surface area (Å²) in [6.45, 7) is 1.10. The zero-order valence-electron chi connectivity index (χ0n) is 16.9. The molecule has 0 unspecified atom stereocenters. The molecule has 5 rings (SSSR count).